The van der Waals surface area contributed by atoms with Gasteiger partial charge in [-0.1, -0.05) is 13.0 Å². The lowest BCUT2D eigenvalue weighted by molar-refractivity contribution is 0.193. The molecule has 0 saturated heterocycles. The molecule has 0 spiro atoms. The van der Waals surface area contributed by atoms with Crippen molar-refractivity contribution in [1.29, 1.82) is 0 Å². The monoisotopic (exact) mass is 267 g/mol. The summed E-state index contributed by atoms with van der Waals surface area (Å²) in [4.78, 5) is 0. The van der Waals surface area contributed by atoms with E-state index in [4.69, 9.17) is 14.2 Å². The minimum Gasteiger partial charge on any atom is -0.493 e. The maximum atomic E-state index is 5.34. The van der Waals surface area contributed by atoms with E-state index in [2.05, 4.69) is 18.3 Å². The first-order valence-electron chi connectivity index (χ1n) is 6.71. The molecule has 0 amide bonds. The van der Waals surface area contributed by atoms with Crippen molar-refractivity contribution in [3.8, 4) is 11.5 Å². The van der Waals surface area contributed by atoms with E-state index in [1.807, 2.05) is 12.1 Å². The summed E-state index contributed by atoms with van der Waals surface area (Å²) in [5.41, 5.74) is 1.22. The molecule has 1 aromatic carbocycles. The molecule has 1 rings (SSSR count). The zero-order chi connectivity index (χ0) is 14.1. The van der Waals surface area contributed by atoms with Crippen LogP contribution >= 0.6 is 0 Å². The summed E-state index contributed by atoms with van der Waals surface area (Å²) in [5, 5.41) is 3.53. The van der Waals surface area contributed by atoms with Gasteiger partial charge in [0.05, 0.1) is 14.2 Å². The lowest BCUT2D eigenvalue weighted by Gasteiger charge is -2.19. The molecule has 108 valence electrons. The van der Waals surface area contributed by atoms with Crippen molar-refractivity contribution in [1.82, 2.24) is 5.32 Å². The van der Waals surface area contributed by atoms with E-state index in [9.17, 15) is 0 Å². The molecule has 0 heterocycles. The average Bonchev–Trinajstić information content (AvgIpc) is 2.46. The lowest BCUT2D eigenvalue weighted by atomic mass is 10.0. The SMILES string of the molecule is CCC(NCCCOC)c1ccc(OC)c(OC)c1. The third-order valence-corrected chi connectivity index (χ3v) is 3.13. The highest BCUT2D eigenvalue weighted by molar-refractivity contribution is 5.43. The number of hydrogen-bond donors (Lipinski definition) is 1. The predicted molar refractivity (Wildman–Crippen MR) is 77.1 cm³/mol. The molecule has 1 unspecified atom stereocenters. The molecule has 0 aliphatic carbocycles. The van der Waals surface area contributed by atoms with Gasteiger partial charge in [-0.25, -0.2) is 0 Å². The topological polar surface area (TPSA) is 39.7 Å². The van der Waals surface area contributed by atoms with E-state index in [-0.39, 0.29) is 0 Å². The standard InChI is InChI=1S/C15H25NO3/c1-5-13(16-9-6-10-17-2)12-7-8-14(18-3)15(11-12)19-4/h7-8,11,13,16H,5-6,9-10H2,1-4H3. The van der Waals surface area contributed by atoms with Crippen molar-refractivity contribution in [2.45, 2.75) is 25.8 Å². The Labute approximate surface area is 116 Å². The van der Waals surface area contributed by atoms with Crippen molar-refractivity contribution in [2.24, 2.45) is 0 Å². The third-order valence-electron chi connectivity index (χ3n) is 3.13. The maximum absolute atomic E-state index is 5.34. The number of methoxy groups -OCH3 is 3. The quantitative estimate of drug-likeness (QED) is 0.698. The van der Waals surface area contributed by atoms with Crippen LogP contribution in [0.2, 0.25) is 0 Å². The van der Waals surface area contributed by atoms with Gasteiger partial charge in [-0.15, -0.1) is 0 Å². The molecule has 4 heteroatoms. The molecule has 1 N–H and O–H groups in total. The Balaban J connectivity index is 2.69. The van der Waals surface area contributed by atoms with Crippen LogP contribution in [-0.2, 0) is 4.74 Å². The van der Waals surface area contributed by atoms with Crippen LogP contribution in [0.15, 0.2) is 18.2 Å². The first-order valence-corrected chi connectivity index (χ1v) is 6.71. The maximum Gasteiger partial charge on any atom is 0.161 e. The summed E-state index contributed by atoms with van der Waals surface area (Å²) in [6.07, 6.45) is 2.04. The van der Waals surface area contributed by atoms with Crippen LogP contribution in [0.4, 0.5) is 0 Å². The number of rotatable bonds is 9. The molecule has 0 aromatic heterocycles. The van der Waals surface area contributed by atoms with Crippen molar-refractivity contribution in [3.05, 3.63) is 23.8 Å². The van der Waals surface area contributed by atoms with E-state index < -0.39 is 0 Å². The summed E-state index contributed by atoms with van der Waals surface area (Å²) in [5.74, 6) is 1.54. The summed E-state index contributed by atoms with van der Waals surface area (Å²) in [6.45, 7) is 3.90. The predicted octanol–water partition coefficient (Wildman–Crippen LogP) is 2.78. The fourth-order valence-electron chi connectivity index (χ4n) is 2.06. The average molecular weight is 267 g/mol. The molecule has 0 aliphatic heterocycles. The Bertz CT molecular complexity index is 368. The van der Waals surface area contributed by atoms with Gasteiger partial charge in [-0.05, 0) is 37.1 Å². The Morgan fingerprint density at radius 3 is 2.42 bits per heavy atom. The van der Waals surface area contributed by atoms with Gasteiger partial charge in [0, 0.05) is 19.8 Å². The molecule has 0 bridgehead atoms. The molecular weight excluding hydrogens is 242 g/mol. The summed E-state index contributed by atoms with van der Waals surface area (Å²) >= 11 is 0. The van der Waals surface area contributed by atoms with Gasteiger partial charge in [0.2, 0.25) is 0 Å². The molecule has 0 saturated carbocycles. The molecule has 1 atom stereocenters. The zero-order valence-electron chi connectivity index (χ0n) is 12.4. The van der Waals surface area contributed by atoms with Gasteiger partial charge < -0.3 is 19.5 Å². The minimum atomic E-state index is 0.330. The van der Waals surface area contributed by atoms with Gasteiger partial charge in [0.1, 0.15) is 0 Å². The van der Waals surface area contributed by atoms with E-state index in [0.717, 1.165) is 37.5 Å². The lowest BCUT2D eigenvalue weighted by Crippen LogP contribution is -2.22. The first kappa shape index (κ1) is 15.8. The highest BCUT2D eigenvalue weighted by atomic mass is 16.5. The Morgan fingerprint density at radius 2 is 1.84 bits per heavy atom. The van der Waals surface area contributed by atoms with E-state index in [1.165, 1.54) is 5.56 Å². The Kier molecular flexibility index (Phi) is 7.30. The van der Waals surface area contributed by atoms with Crippen LogP contribution in [0.3, 0.4) is 0 Å². The largest absolute Gasteiger partial charge is 0.493 e. The number of ether oxygens (including phenoxy) is 3. The number of nitrogens with one attached hydrogen (secondary N) is 1. The van der Waals surface area contributed by atoms with Gasteiger partial charge in [0.15, 0.2) is 11.5 Å². The van der Waals surface area contributed by atoms with Crippen LogP contribution in [0.5, 0.6) is 11.5 Å². The summed E-state index contributed by atoms with van der Waals surface area (Å²) in [7, 11) is 5.04. The number of benzene rings is 1. The van der Waals surface area contributed by atoms with Crippen molar-refractivity contribution < 1.29 is 14.2 Å². The van der Waals surface area contributed by atoms with Crippen LogP contribution in [-0.4, -0.2) is 34.5 Å². The van der Waals surface area contributed by atoms with Crippen molar-refractivity contribution >= 4 is 0 Å². The second kappa shape index (κ2) is 8.77. The molecular formula is C15H25NO3. The Morgan fingerprint density at radius 1 is 1.11 bits per heavy atom. The molecule has 19 heavy (non-hydrogen) atoms. The molecule has 0 radical (unpaired) electrons. The van der Waals surface area contributed by atoms with Crippen molar-refractivity contribution in [2.75, 3.05) is 34.5 Å². The first-order chi connectivity index (χ1) is 9.26. The van der Waals surface area contributed by atoms with Gasteiger partial charge in [-0.2, -0.15) is 0 Å². The number of hydrogen-bond acceptors (Lipinski definition) is 4. The smallest absolute Gasteiger partial charge is 0.161 e. The van der Waals surface area contributed by atoms with Gasteiger partial charge in [-0.3, -0.25) is 0 Å². The Hall–Kier alpha value is -1.26. The van der Waals surface area contributed by atoms with Crippen LogP contribution < -0.4 is 14.8 Å². The van der Waals surface area contributed by atoms with E-state index >= 15 is 0 Å². The van der Waals surface area contributed by atoms with Crippen LogP contribution in [0.25, 0.3) is 0 Å². The minimum absolute atomic E-state index is 0.330. The molecule has 1 aromatic rings. The van der Waals surface area contributed by atoms with Crippen molar-refractivity contribution in [3.63, 3.8) is 0 Å². The fraction of sp³-hybridized carbons (Fsp3) is 0.600. The second-order valence-corrected chi connectivity index (χ2v) is 4.38. The second-order valence-electron chi connectivity index (χ2n) is 4.38. The van der Waals surface area contributed by atoms with Gasteiger partial charge in [0.25, 0.3) is 0 Å². The normalized spacial score (nSPS) is 12.2. The molecule has 0 aliphatic rings. The van der Waals surface area contributed by atoms with E-state index in [0.29, 0.717) is 6.04 Å². The molecule has 0 fully saturated rings. The highest BCUT2D eigenvalue weighted by Crippen LogP contribution is 2.30. The zero-order valence-corrected chi connectivity index (χ0v) is 12.4. The van der Waals surface area contributed by atoms with E-state index in [1.54, 1.807) is 21.3 Å². The summed E-state index contributed by atoms with van der Waals surface area (Å²) < 4.78 is 15.7. The molecule has 4 nitrogen and oxygen atoms in total. The third kappa shape index (κ3) is 4.73. The highest BCUT2D eigenvalue weighted by Gasteiger charge is 2.12. The van der Waals surface area contributed by atoms with Crippen LogP contribution in [0.1, 0.15) is 31.4 Å². The summed E-state index contributed by atoms with van der Waals surface area (Å²) in [6, 6.07) is 6.40. The fourth-order valence-corrected chi connectivity index (χ4v) is 2.06. The van der Waals surface area contributed by atoms with Crippen LogP contribution in [0, 0.1) is 0 Å². The van der Waals surface area contributed by atoms with Gasteiger partial charge >= 0.3 is 0 Å².